The summed E-state index contributed by atoms with van der Waals surface area (Å²) < 4.78 is 16.0. The number of esters is 1. The van der Waals surface area contributed by atoms with E-state index in [-0.39, 0.29) is 18.0 Å². The van der Waals surface area contributed by atoms with Crippen LogP contribution in [0.25, 0.3) is 0 Å². The first kappa shape index (κ1) is 22.5. The molecule has 2 atom stereocenters. The van der Waals surface area contributed by atoms with Gasteiger partial charge in [0.15, 0.2) is 0 Å². The van der Waals surface area contributed by atoms with E-state index >= 15 is 0 Å². The molecule has 0 heterocycles. The minimum atomic E-state index is -0.901. The Morgan fingerprint density at radius 1 is 1.04 bits per heavy atom. The molecular weight excluding hydrogens is 356 g/mol. The summed E-state index contributed by atoms with van der Waals surface area (Å²) in [5.41, 5.74) is 2.50. The maximum atomic E-state index is 12.5. The molecule has 0 spiro atoms. The summed E-state index contributed by atoms with van der Waals surface area (Å²) in [4.78, 5) is 24.5. The van der Waals surface area contributed by atoms with Gasteiger partial charge in [0, 0.05) is 6.42 Å². The van der Waals surface area contributed by atoms with Crippen molar-refractivity contribution in [2.75, 3.05) is 0 Å². The van der Waals surface area contributed by atoms with E-state index in [9.17, 15) is 9.59 Å². The van der Waals surface area contributed by atoms with Gasteiger partial charge in [-0.05, 0) is 57.8 Å². The maximum absolute atomic E-state index is 12.5. The normalized spacial score (nSPS) is 20.0. The highest BCUT2D eigenvalue weighted by Gasteiger charge is 2.26. The average Bonchev–Trinajstić information content (AvgIpc) is 2.67. The fraction of sp³-hybridized carbons (Fsp3) is 0.739. The smallest absolute Gasteiger partial charge is 0.431 e. The monoisotopic (exact) mass is 392 g/mol. The van der Waals surface area contributed by atoms with Crippen LogP contribution in [0, 0.1) is 11.8 Å². The summed E-state index contributed by atoms with van der Waals surface area (Å²) in [5, 5.41) is 0. The van der Waals surface area contributed by atoms with Crippen molar-refractivity contribution in [3.8, 4) is 0 Å². The Morgan fingerprint density at radius 3 is 2.32 bits per heavy atom. The molecule has 1 saturated carbocycles. The van der Waals surface area contributed by atoms with E-state index in [1.165, 1.54) is 12.0 Å². The Kier molecular flexibility index (Phi) is 9.07. The van der Waals surface area contributed by atoms with Gasteiger partial charge in [-0.1, -0.05) is 50.5 Å². The Labute approximate surface area is 169 Å². The topological polar surface area (TPSA) is 61.8 Å². The van der Waals surface area contributed by atoms with Gasteiger partial charge in [-0.2, -0.15) is 0 Å². The Morgan fingerprint density at radius 2 is 1.75 bits per heavy atom. The van der Waals surface area contributed by atoms with E-state index in [1.54, 1.807) is 0 Å². The molecular formula is C23H36O5. The summed E-state index contributed by atoms with van der Waals surface area (Å²) in [6.45, 7) is 8.09. The van der Waals surface area contributed by atoms with Crippen LogP contribution >= 0.6 is 0 Å². The van der Waals surface area contributed by atoms with Crippen LogP contribution in [0.1, 0.15) is 85.5 Å². The van der Waals surface area contributed by atoms with E-state index in [0.29, 0.717) is 12.3 Å². The first-order valence-corrected chi connectivity index (χ1v) is 10.8. The molecule has 0 radical (unpaired) electrons. The summed E-state index contributed by atoms with van der Waals surface area (Å²) in [5.74, 6) is -0.0624. The van der Waals surface area contributed by atoms with Crippen molar-refractivity contribution in [2.45, 2.75) is 97.9 Å². The Hall–Kier alpha value is -1.78. The van der Waals surface area contributed by atoms with Gasteiger partial charge in [-0.3, -0.25) is 4.79 Å². The lowest BCUT2D eigenvalue weighted by atomic mass is 9.87. The fourth-order valence-corrected chi connectivity index (χ4v) is 3.78. The second kappa shape index (κ2) is 11.3. The lowest BCUT2D eigenvalue weighted by Crippen LogP contribution is -2.30. The number of carbonyl (C=O) groups is 2. The molecule has 28 heavy (non-hydrogen) atoms. The van der Waals surface area contributed by atoms with Gasteiger partial charge in [-0.15, -0.1) is 0 Å². The molecule has 2 aliphatic carbocycles. The van der Waals surface area contributed by atoms with E-state index in [4.69, 9.17) is 14.2 Å². The number of allylic oxidation sites excluding steroid dienone is 3. The van der Waals surface area contributed by atoms with E-state index in [2.05, 4.69) is 19.9 Å². The summed E-state index contributed by atoms with van der Waals surface area (Å²) >= 11 is 0. The molecule has 0 N–H and O–H groups in total. The van der Waals surface area contributed by atoms with Crippen molar-refractivity contribution < 1.29 is 23.8 Å². The highest BCUT2D eigenvalue weighted by atomic mass is 16.8. The van der Waals surface area contributed by atoms with Gasteiger partial charge in [0.1, 0.15) is 6.10 Å². The quantitative estimate of drug-likeness (QED) is 0.370. The Bertz CT molecular complexity index is 584. The highest BCUT2D eigenvalue weighted by Crippen LogP contribution is 2.28. The number of ether oxygens (including phenoxy) is 3. The highest BCUT2D eigenvalue weighted by molar-refractivity contribution is 5.76. The zero-order valence-corrected chi connectivity index (χ0v) is 17.9. The van der Waals surface area contributed by atoms with Gasteiger partial charge < -0.3 is 14.2 Å². The molecule has 0 aliphatic heterocycles. The van der Waals surface area contributed by atoms with Crippen molar-refractivity contribution in [1.29, 1.82) is 0 Å². The lowest BCUT2D eigenvalue weighted by Gasteiger charge is -2.24. The Balaban J connectivity index is 1.82. The first-order valence-electron chi connectivity index (χ1n) is 10.8. The molecule has 0 amide bonds. The van der Waals surface area contributed by atoms with Gasteiger partial charge in [0.2, 0.25) is 0 Å². The van der Waals surface area contributed by atoms with E-state index < -0.39 is 12.4 Å². The number of carbonyl (C=O) groups excluding carboxylic acids is 2. The molecule has 1 fully saturated rings. The van der Waals surface area contributed by atoms with Gasteiger partial charge in [0.05, 0.1) is 5.92 Å². The van der Waals surface area contributed by atoms with E-state index in [1.807, 2.05) is 19.9 Å². The third kappa shape index (κ3) is 7.33. The average molecular weight is 393 g/mol. The molecule has 2 rings (SSSR count). The minimum absolute atomic E-state index is 0.0763. The van der Waals surface area contributed by atoms with Crippen LogP contribution in [0.2, 0.25) is 0 Å². The van der Waals surface area contributed by atoms with Crippen molar-refractivity contribution >= 4 is 12.1 Å². The summed E-state index contributed by atoms with van der Waals surface area (Å²) in [6, 6.07) is 0. The molecule has 5 nitrogen and oxygen atoms in total. The van der Waals surface area contributed by atoms with Gasteiger partial charge >= 0.3 is 12.1 Å². The van der Waals surface area contributed by atoms with Crippen molar-refractivity contribution in [3.05, 3.63) is 23.3 Å². The van der Waals surface area contributed by atoms with Crippen molar-refractivity contribution in [1.82, 2.24) is 0 Å². The maximum Gasteiger partial charge on any atom is 0.511 e. The number of hydrogen-bond acceptors (Lipinski definition) is 5. The molecule has 5 heteroatoms. The van der Waals surface area contributed by atoms with Crippen molar-refractivity contribution in [2.24, 2.45) is 11.8 Å². The molecule has 0 saturated heterocycles. The molecule has 0 aromatic heterocycles. The van der Waals surface area contributed by atoms with Gasteiger partial charge in [0.25, 0.3) is 6.29 Å². The molecule has 0 aromatic rings. The van der Waals surface area contributed by atoms with Crippen LogP contribution in [0.5, 0.6) is 0 Å². The molecule has 2 unspecified atom stereocenters. The van der Waals surface area contributed by atoms with Gasteiger partial charge in [-0.25, -0.2) is 4.79 Å². The van der Waals surface area contributed by atoms with Crippen LogP contribution in [0.15, 0.2) is 23.3 Å². The largest absolute Gasteiger partial charge is 0.511 e. The third-order valence-electron chi connectivity index (χ3n) is 5.47. The summed E-state index contributed by atoms with van der Waals surface area (Å²) in [6.07, 6.45) is 10.9. The summed E-state index contributed by atoms with van der Waals surface area (Å²) in [7, 11) is 0. The standard InChI is InChI=1S/C23H36O5/c1-5-21(28-23(25)26-20-9-7-6-8-10-20)27-22(24)17(4)19-13-11-18(12-14-19)15-16(2)3/h11,13,16-17,20-21H,5-10,12,14-15H2,1-4H3. The SMILES string of the molecule is CCC(OC(=O)OC1CCCCC1)OC(=O)C(C)C1=CC=C(CC(C)C)CC1. The van der Waals surface area contributed by atoms with Crippen LogP contribution in [0.3, 0.4) is 0 Å². The molecule has 2 aliphatic rings. The predicted molar refractivity (Wildman–Crippen MR) is 109 cm³/mol. The molecule has 158 valence electrons. The zero-order valence-electron chi connectivity index (χ0n) is 17.9. The lowest BCUT2D eigenvalue weighted by molar-refractivity contribution is -0.175. The van der Waals surface area contributed by atoms with Crippen LogP contribution in [-0.4, -0.2) is 24.5 Å². The van der Waals surface area contributed by atoms with Crippen LogP contribution in [-0.2, 0) is 19.0 Å². The number of rotatable bonds is 8. The second-order valence-corrected chi connectivity index (χ2v) is 8.41. The minimum Gasteiger partial charge on any atom is -0.431 e. The third-order valence-corrected chi connectivity index (χ3v) is 5.47. The van der Waals surface area contributed by atoms with Crippen molar-refractivity contribution in [3.63, 3.8) is 0 Å². The fourth-order valence-electron chi connectivity index (χ4n) is 3.78. The molecule has 0 bridgehead atoms. The predicted octanol–water partition coefficient (Wildman–Crippen LogP) is 6.08. The first-order chi connectivity index (χ1) is 13.4. The van der Waals surface area contributed by atoms with Crippen LogP contribution in [0.4, 0.5) is 4.79 Å². The van der Waals surface area contributed by atoms with E-state index in [0.717, 1.165) is 50.5 Å². The number of hydrogen-bond donors (Lipinski definition) is 0. The van der Waals surface area contributed by atoms with Crippen LogP contribution < -0.4 is 0 Å². The molecule has 0 aromatic carbocycles. The zero-order chi connectivity index (χ0) is 20.5. The second-order valence-electron chi connectivity index (χ2n) is 8.41.